The van der Waals surface area contributed by atoms with Crippen LogP contribution in [0.2, 0.25) is 0 Å². The quantitative estimate of drug-likeness (QED) is 0.669. The fraction of sp³-hybridized carbons (Fsp3) is 0.286. The third-order valence-electron chi connectivity index (χ3n) is 1.40. The highest BCUT2D eigenvalue weighted by molar-refractivity contribution is 9.10. The van der Waals surface area contributed by atoms with E-state index in [1.54, 1.807) is 0 Å². The van der Waals surface area contributed by atoms with Crippen molar-refractivity contribution in [1.82, 2.24) is 0 Å². The summed E-state index contributed by atoms with van der Waals surface area (Å²) in [6, 6.07) is 3.83. The van der Waals surface area contributed by atoms with E-state index < -0.39 is 0 Å². The molecule has 0 aromatic carbocycles. The molecule has 0 unspecified atom stereocenters. The van der Waals surface area contributed by atoms with Crippen LogP contribution in [0.3, 0.4) is 0 Å². The van der Waals surface area contributed by atoms with E-state index in [2.05, 4.69) is 15.9 Å². The first-order valence-corrected chi connectivity index (χ1v) is 3.79. The summed E-state index contributed by atoms with van der Waals surface area (Å²) in [6.45, 7) is 0.0674. The van der Waals surface area contributed by atoms with E-state index in [1.165, 1.54) is 0 Å². The Morgan fingerprint density at radius 1 is 1.70 bits per heavy atom. The maximum Gasteiger partial charge on any atom is 0.221 e. The summed E-state index contributed by atoms with van der Waals surface area (Å²) in [7, 11) is 1.90. The number of aliphatic hydroxyl groups is 1. The lowest BCUT2D eigenvalue weighted by Gasteiger charge is -1.96. The van der Waals surface area contributed by atoms with Gasteiger partial charge in [0, 0.05) is 6.07 Å². The second kappa shape index (κ2) is 3.12. The van der Waals surface area contributed by atoms with Crippen LogP contribution in [-0.2, 0) is 13.7 Å². The van der Waals surface area contributed by atoms with Gasteiger partial charge in [0.1, 0.15) is 13.7 Å². The van der Waals surface area contributed by atoms with Gasteiger partial charge in [-0.25, -0.2) is 4.57 Å². The maximum atomic E-state index is 8.85. The average Bonchev–Trinajstić information content (AvgIpc) is 1.88. The predicted molar refractivity (Wildman–Crippen MR) is 41.2 cm³/mol. The normalized spacial score (nSPS) is 9.90. The van der Waals surface area contributed by atoms with Crippen LogP contribution in [0.25, 0.3) is 0 Å². The molecule has 0 atom stereocenters. The SMILES string of the molecule is C[n+]1cccc(Br)c1CO. The summed E-state index contributed by atoms with van der Waals surface area (Å²) in [5.74, 6) is 0. The number of aryl methyl sites for hydroxylation is 1. The van der Waals surface area contributed by atoms with Gasteiger partial charge in [-0.1, -0.05) is 0 Å². The number of pyridine rings is 1. The second-order valence-corrected chi connectivity index (χ2v) is 2.93. The molecule has 54 valence electrons. The van der Waals surface area contributed by atoms with Crippen LogP contribution in [0.5, 0.6) is 0 Å². The Kier molecular flexibility index (Phi) is 2.40. The van der Waals surface area contributed by atoms with Crippen molar-refractivity contribution in [2.24, 2.45) is 7.05 Å². The molecule has 0 amide bonds. The van der Waals surface area contributed by atoms with Crippen molar-refractivity contribution in [3.05, 3.63) is 28.5 Å². The van der Waals surface area contributed by atoms with Gasteiger partial charge in [0.05, 0.1) is 4.47 Å². The monoisotopic (exact) mass is 202 g/mol. The lowest BCUT2D eigenvalue weighted by Crippen LogP contribution is -2.33. The van der Waals surface area contributed by atoms with Crippen molar-refractivity contribution in [3.8, 4) is 0 Å². The number of aromatic nitrogens is 1. The van der Waals surface area contributed by atoms with Crippen molar-refractivity contribution in [1.29, 1.82) is 0 Å². The van der Waals surface area contributed by atoms with Crippen LogP contribution in [0, 0.1) is 0 Å². The van der Waals surface area contributed by atoms with Gasteiger partial charge in [-0.2, -0.15) is 0 Å². The molecule has 0 aliphatic heterocycles. The molecule has 0 saturated carbocycles. The molecule has 0 radical (unpaired) electrons. The van der Waals surface area contributed by atoms with Crippen LogP contribution in [0.4, 0.5) is 0 Å². The van der Waals surface area contributed by atoms with E-state index in [9.17, 15) is 0 Å². The molecule has 0 saturated heterocycles. The number of hydrogen-bond acceptors (Lipinski definition) is 1. The number of nitrogens with zero attached hydrogens (tertiary/aromatic N) is 1. The fourth-order valence-electron chi connectivity index (χ4n) is 0.798. The topological polar surface area (TPSA) is 24.1 Å². The average molecular weight is 203 g/mol. The van der Waals surface area contributed by atoms with Gasteiger partial charge in [0.25, 0.3) is 0 Å². The minimum atomic E-state index is 0.0674. The predicted octanol–water partition coefficient (Wildman–Crippen LogP) is 0.766. The van der Waals surface area contributed by atoms with Crippen LogP contribution >= 0.6 is 15.9 Å². The number of rotatable bonds is 1. The summed E-state index contributed by atoms with van der Waals surface area (Å²) in [6.07, 6.45) is 1.90. The third kappa shape index (κ3) is 1.36. The molecule has 1 heterocycles. The molecule has 0 bridgehead atoms. The van der Waals surface area contributed by atoms with E-state index in [0.29, 0.717) is 0 Å². The van der Waals surface area contributed by atoms with Gasteiger partial charge in [-0.3, -0.25) is 0 Å². The first-order valence-electron chi connectivity index (χ1n) is 2.99. The highest BCUT2D eigenvalue weighted by Gasteiger charge is 2.07. The lowest BCUT2D eigenvalue weighted by atomic mass is 10.3. The summed E-state index contributed by atoms with van der Waals surface area (Å²) in [5, 5.41) is 8.85. The van der Waals surface area contributed by atoms with E-state index in [4.69, 9.17) is 5.11 Å². The van der Waals surface area contributed by atoms with Gasteiger partial charge < -0.3 is 5.11 Å². The zero-order valence-electron chi connectivity index (χ0n) is 5.71. The van der Waals surface area contributed by atoms with Gasteiger partial charge in [-0.15, -0.1) is 0 Å². The zero-order valence-corrected chi connectivity index (χ0v) is 7.30. The van der Waals surface area contributed by atoms with Crippen LogP contribution < -0.4 is 4.57 Å². The maximum absolute atomic E-state index is 8.85. The molecule has 3 heteroatoms. The largest absolute Gasteiger partial charge is 0.385 e. The van der Waals surface area contributed by atoms with Crippen LogP contribution in [0.1, 0.15) is 5.69 Å². The lowest BCUT2D eigenvalue weighted by molar-refractivity contribution is -0.681. The minimum absolute atomic E-state index is 0.0674. The molecular formula is C7H9BrNO+. The molecule has 2 nitrogen and oxygen atoms in total. The Labute approximate surface area is 68.3 Å². The van der Waals surface area contributed by atoms with Crippen molar-refractivity contribution < 1.29 is 9.67 Å². The molecule has 0 aliphatic carbocycles. The molecule has 1 rings (SSSR count). The first-order chi connectivity index (χ1) is 4.75. The molecule has 0 aliphatic rings. The molecular weight excluding hydrogens is 194 g/mol. The summed E-state index contributed by atoms with van der Waals surface area (Å²) < 4.78 is 2.82. The zero-order chi connectivity index (χ0) is 7.56. The summed E-state index contributed by atoms with van der Waals surface area (Å²) in [4.78, 5) is 0. The Hall–Kier alpha value is -0.410. The second-order valence-electron chi connectivity index (χ2n) is 2.07. The van der Waals surface area contributed by atoms with Gasteiger partial charge >= 0.3 is 0 Å². The summed E-state index contributed by atoms with van der Waals surface area (Å²) in [5.41, 5.74) is 0.891. The van der Waals surface area contributed by atoms with Gasteiger partial charge in [-0.05, 0) is 22.0 Å². The Bertz CT molecular complexity index is 217. The molecule has 0 spiro atoms. The third-order valence-corrected chi connectivity index (χ3v) is 2.13. The highest BCUT2D eigenvalue weighted by Crippen LogP contribution is 2.10. The molecule has 1 N–H and O–H groups in total. The standard InChI is InChI=1S/C7H9BrNO/c1-9-4-2-3-6(8)7(9)5-10/h2-4,10H,5H2,1H3/q+1. The van der Waals surface area contributed by atoms with Crippen LogP contribution in [-0.4, -0.2) is 5.11 Å². The Balaban J connectivity index is 3.17. The Morgan fingerprint density at radius 3 is 2.80 bits per heavy atom. The van der Waals surface area contributed by atoms with Crippen molar-refractivity contribution in [3.63, 3.8) is 0 Å². The molecule has 0 fully saturated rings. The molecule has 1 aromatic heterocycles. The van der Waals surface area contributed by atoms with Crippen molar-refractivity contribution in [2.45, 2.75) is 6.61 Å². The number of hydrogen-bond donors (Lipinski definition) is 1. The first kappa shape index (κ1) is 7.69. The highest BCUT2D eigenvalue weighted by atomic mass is 79.9. The van der Waals surface area contributed by atoms with E-state index in [1.807, 2.05) is 29.9 Å². The molecule has 1 aromatic rings. The van der Waals surface area contributed by atoms with Gasteiger partial charge in [0.2, 0.25) is 5.69 Å². The van der Waals surface area contributed by atoms with Crippen molar-refractivity contribution in [2.75, 3.05) is 0 Å². The Morgan fingerprint density at radius 2 is 2.40 bits per heavy atom. The number of aliphatic hydroxyl groups excluding tert-OH is 1. The van der Waals surface area contributed by atoms with E-state index >= 15 is 0 Å². The van der Waals surface area contributed by atoms with E-state index in [0.717, 1.165) is 10.2 Å². The van der Waals surface area contributed by atoms with Crippen molar-refractivity contribution >= 4 is 15.9 Å². The molecule has 10 heavy (non-hydrogen) atoms. The number of halogens is 1. The van der Waals surface area contributed by atoms with Crippen LogP contribution in [0.15, 0.2) is 22.8 Å². The van der Waals surface area contributed by atoms with Gasteiger partial charge in [0.15, 0.2) is 6.20 Å². The smallest absolute Gasteiger partial charge is 0.221 e. The fourth-order valence-corrected chi connectivity index (χ4v) is 1.36. The summed E-state index contributed by atoms with van der Waals surface area (Å²) >= 11 is 3.33. The minimum Gasteiger partial charge on any atom is -0.385 e. The van der Waals surface area contributed by atoms with E-state index in [-0.39, 0.29) is 6.61 Å².